The number of ketones is 3. The maximum Gasteiger partial charge on any atom is 0.145 e. The van der Waals surface area contributed by atoms with Gasteiger partial charge in [0.15, 0.2) is 0 Å². The molecule has 0 aromatic heterocycles. The van der Waals surface area contributed by atoms with Crippen LogP contribution in [0.3, 0.4) is 0 Å². The molecular weight excluding hydrogens is 348 g/mol. The molecule has 0 aromatic carbocycles. The number of allylic oxidation sites excluding steroid dienone is 4. The lowest BCUT2D eigenvalue weighted by Gasteiger charge is -2.28. The molecule has 0 fully saturated rings. The average molecular weight is 380 g/mol. The van der Waals surface area contributed by atoms with E-state index in [0.29, 0.717) is 12.8 Å². The molecule has 0 aromatic rings. The summed E-state index contributed by atoms with van der Waals surface area (Å²) in [7, 11) is 0. The van der Waals surface area contributed by atoms with Gasteiger partial charge in [-0.3, -0.25) is 14.4 Å². The van der Waals surface area contributed by atoms with Crippen LogP contribution in [0, 0.1) is 17.8 Å². The van der Waals surface area contributed by atoms with Crippen LogP contribution in [0.15, 0.2) is 23.5 Å². The first-order chi connectivity index (χ1) is 12.8. The van der Waals surface area contributed by atoms with Crippen molar-refractivity contribution in [1.29, 1.82) is 0 Å². The van der Waals surface area contributed by atoms with Crippen LogP contribution < -0.4 is 0 Å². The van der Waals surface area contributed by atoms with Gasteiger partial charge in [0, 0.05) is 18.9 Å². The Hall–Kier alpha value is -1.79. The van der Waals surface area contributed by atoms with Crippen LogP contribution in [0.5, 0.6) is 0 Å². The second kappa shape index (κ2) is 11.8. The van der Waals surface area contributed by atoms with Gasteiger partial charge in [0.2, 0.25) is 0 Å². The summed E-state index contributed by atoms with van der Waals surface area (Å²) >= 11 is 0. The summed E-state index contributed by atoms with van der Waals surface area (Å²) in [5.74, 6) is -1.61. The molecule has 3 N–H and O–H groups in total. The minimum atomic E-state index is -0.712. The zero-order chi connectivity index (χ0) is 20.4. The Balaban J connectivity index is 2.93. The number of hydrogen-bond acceptors (Lipinski definition) is 6. The third kappa shape index (κ3) is 8.63. The lowest BCUT2D eigenvalue weighted by atomic mass is 9.76. The largest absolute Gasteiger partial charge is 0.512 e. The molecular formula is C21H32O6. The zero-order valence-electron chi connectivity index (χ0n) is 16.3. The van der Waals surface area contributed by atoms with Crippen LogP contribution in [-0.4, -0.2) is 45.9 Å². The molecule has 6 heteroatoms. The second-order valence-electron chi connectivity index (χ2n) is 7.64. The maximum absolute atomic E-state index is 12.3. The Bertz CT molecular complexity index is 589. The summed E-state index contributed by atoms with van der Waals surface area (Å²) in [5, 5.41) is 28.9. The predicted molar refractivity (Wildman–Crippen MR) is 102 cm³/mol. The molecule has 1 rings (SSSR count). The van der Waals surface area contributed by atoms with Crippen molar-refractivity contribution in [3.8, 4) is 0 Å². The van der Waals surface area contributed by atoms with Gasteiger partial charge in [0.05, 0.1) is 25.2 Å². The van der Waals surface area contributed by atoms with E-state index < -0.39 is 5.92 Å². The fourth-order valence-corrected chi connectivity index (χ4v) is 3.68. The summed E-state index contributed by atoms with van der Waals surface area (Å²) in [6, 6.07) is 0. The monoisotopic (exact) mass is 380 g/mol. The topological polar surface area (TPSA) is 112 Å². The summed E-state index contributed by atoms with van der Waals surface area (Å²) in [5.41, 5.74) is 1.09. The standard InChI is InChI=1S/C21H32O6/c1-14-3-5-16(11-19(26)12-18(25)6-4-14)10-17(7-8-22)20(13-23)21(27)9-15(2)24/h4,6,16-17,20,22-23,25H,3,5,7-13H2,1-2H3/b14-4-,18-6+. The van der Waals surface area contributed by atoms with Crippen molar-refractivity contribution >= 4 is 17.3 Å². The van der Waals surface area contributed by atoms with Gasteiger partial charge in [-0.1, -0.05) is 11.6 Å². The van der Waals surface area contributed by atoms with Crippen molar-refractivity contribution in [2.24, 2.45) is 17.8 Å². The summed E-state index contributed by atoms with van der Waals surface area (Å²) < 4.78 is 0. The first-order valence-corrected chi connectivity index (χ1v) is 9.57. The molecule has 0 heterocycles. The molecule has 3 unspecified atom stereocenters. The molecule has 0 radical (unpaired) electrons. The molecule has 0 spiro atoms. The number of carbonyl (C=O) groups excluding carboxylic acids is 3. The fraction of sp³-hybridized carbons (Fsp3) is 0.667. The van der Waals surface area contributed by atoms with E-state index in [2.05, 4.69) is 0 Å². The molecule has 0 saturated carbocycles. The van der Waals surface area contributed by atoms with Crippen molar-refractivity contribution in [2.75, 3.05) is 13.2 Å². The zero-order valence-corrected chi connectivity index (χ0v) is 16.3. The van der Waals surface area contributed by atoms with Gasteiger partial charge >= 0.3 is 0 Å². The summed E-state index contributed by atoms with van der Waals surface area (Å²) in [4.78, 5) is 35.9. The molecule has 152 valence electrons. The van der Waals surface area contributed by atoms with E-state index in [1.54, 1.807) is 6.08 Å². The number of Topliss-reactive ketones (excluding diaryl/α,β-unsaturated/α-hetero) is 3. The second-order valence-corrected chi connectivity index (χ2v) is 7.64. The van der Waals surface area contributed by atoms with Crippen molar-refractivity contribution in [3.63, 3.8) is 0 Å². The Labute approximate surface area is 161 Å². The lowest BCUT2D eigenvalue weighted by Crippen LogP contribution is -2.31. The van der Waals surface area contributed by atoms with E-state index in [0.717, 1.165) is 18.4 Å². The molecule has 6 nitrogen and oxygen atoms in total. The van der Waals surface area contributed by atoms with Gasteiger partial charge in [0.25, 0.3) is 0 Å². The highest BCUT2D eigenvalue weighted by Crippen LogP contribution is 2.31. The summed E-state index contributed by atoms with van der Waals surface area (Å²) in [6.07, 6.45) is 5.77. The van der Waals surface area contributed by atoms with E-state index in [4.69, 9.17) is 0 Å². The highest BCUT2D eigenvalue weighted by Gasteiger charge is 2.30. The van der Waals surface area contributed by atoms with Gasteiger partial charge in [-0.25, -0.2) is 0 Å². The average Bonchev–Trinajstić information content (AvgIpc) is 2.57. The molecule has 0 bridgehead atoms. The normalized spacial score (nSPS) is 24.9. The minimum Gasteiger partial charge on any atom is -0.512 e. The van der Waals surface area contributed by atoms with E-state index in [-0.39, 0.29) is 67.4 Å². The van der Waals surface area contributed by atoms with Gasteiger partial charge in [-0.05, 0) is 57.4 Å². The van der Waals surface area contributed by atoms with E-state index in [1.165, 1.54) is 6.92 Å². The van der Waals surface area contributed by atoms with Crippen molar-refractivity contribution in [1.82, 2.24) is 0 Å². The Morgan fingerprint density at radius 3 is 2.56 bits per heavy atom. The van der Waals surface area contributed by atoms with Gasteiger partial charge in [0.1, 0.15) is 17.3 Å². The molecule has 0 amide bonds. The van der Waals surface area contributed by atoms with Crippen LogP contribution in [-0.2, 0) is 14.4 Å². The molecule has 27 heavy (non-hydrogen) atoms. The predicted octanol–water partition coefficient (Wildman–Crippen LogP) is 2.68. The number of rotatable bonds is 9. The van der Waals surface area contributed by atoms with Crippen LogP contribution in [0.1, 0.15) is 58.8 Å². The number of aliphatic hydroxyl groups excluding tert-OH is 3. The van der Waals surface area contributed by atoms with Crippen molar-refractivity contribution in [2.45, 2.75) is 58.8 Å². The number of carbonyl (C=O) groups is 3. The first kappa shape index (κ1) is 23.2. The minimum absolute atomic E-state index is 0.0116. The molecule has 3 atom stereocenters. The van der Waals surface area contributed by atoms with Gasteiger partial charge in [-0.2, -0.15) is 0 Å². The lowest BCUT2D eigenvalue weighted by molar-refractivity contribution is -0.131. The Morgan fingerprint density at radius 2 is 1.96 bits per heavy atom. The third-order valence-electron chi connectivity index (χ3n) is 5.14. The van der Waals surface area contributed by atoms with Crippen LogP contribution >= 0.6 is 0 Å². The van der Waals surface area contributed by atoms with Crippen molar-refractivity contribution < 1.29 is 29.7 Å². The van der Waals surface area contributed by atoms with E-state index in [9.17, 15) is 29.7 Å². The molecule has 0 saturated heterocycles. The Kier molecular flexibility index (Phi) is 10.2. The van der Waals surface area contributed by atoms with Crippen LogP contribution in [0.2, 0.25) is 0 Å². The smallest absolute Gasteiger partial charge is 0.145 e. The quantitative estimate of drug-likeness (QED) is 0.530. The molecule has 1 aliphatic rings. The first-order valence-electron chi connectivity index (χ1n) is 9.57. The molecule has 1 aliphatic carbocycles. The Morgan fingerprint density at radius 1 is 1.26 bits per heavy atom. The summed E-state index contributed by atoms with van der Waals surface area (Å²) in [6.45, 7) is 2.79. The number of aliphatic hydroxyl groups is 3. The van der Waals surface area contributed by atoms with Gasteiger partial charge in [-0.15, -0.1) is 0 Å². The van der Waals surface area contributed by atoms with Crippen LogP contribution in [0.25, 0.3) is 0 Å². The fourth-order valence-electron chi connectivity index (χ4n) is 3.68. The molecule has 0 aliphatic heterocycles. The SMILES string of the molecule is CC(=O)CC(=O)C(CO)C(CCO)CC1CC/C(C)=C\C=C(\O)CC(=O)C1. The number of hydrogen-bond donors (Lipinski definition) is 3. The van der Waals surface area contributed by atoms with Crippen molar-refractivity contribution in [3.05, 3.63) is 23.5 Å². The van der Waals surface area contributed by atoms with E-state index in [1.807, 2.05) is 13.0 Å². The maximum atomic E-state index is 12.3. The van der Waals surface area contributed by atoms with Crippen LogP contribution in [0.4, 0.5) is 0 Å². The third-order valence-corrected chi connectivity index (χ3v) is 5.14. The van der Waals surface area contributed by atoms with E-state index >= 15 is 0 Å². The highest BCUT2D eigenvalue weighted by molar-refractivity contribution is 5.99. The highest BCUT2D eigenvalue weighted by atomic mass is 16.3. The van der Waals surface area contributed by atoms with Gasteiger partial charge < -0.3 is 15.3 Å².